The molecule has 0 aromatic rings. The molecule has 0 bridgehead atoms. The average Bonchev–Trinajstić information content (AvgIpc) is 2.03. The second-order valence-corrected chi connectivity index (χ2v) is 3.45. The van der Waals surface area contributed by atoms with E-state index < -0.39 is 0 Å². The van der Waals surface area contributed by atoms with Gasteiger partial charge in [-0.05, 0) is 20.8 Å². The number of aliphatic hydroxyl groups is 2. The third-order valence-electron chi connectivity index (χ3n) is 2.57. The van der Waals surface area contributed by atoms with Crippen LogP contribution < -0.4 is 0 Å². The SMILES string of the molecule is CC[N+](CC)(CCO)CC(C)O. The first-order chi connectivity index (χ1) is 5.60. The van der Waals surface area contributed by atoms with E-state index in [1.165, 1.54) is 0 Å². The van der Waals surface area contributed by atoms with Crippen LogP contribution in [-0.4, -0.2) is 53.6 Å². The number of rotatable bonds is 6. The van der Waals surface area contributed by atoms with Gasteiger partial charge in [0.25, 0.3) is 0 Å². The summed E-state index contributed by atoms with van der Waals surface area (Å²) < 4.78 is 0.814. The van der Waals surface area contributed by atoms with Crippen molar-refractivity contribution in [1.82, 2.24) is 0 Å². The minimum Gasteiger partial charge on any atom is -0.391 e. The summed E-state index contributed by atoms with van der Waals surface area (Å²) in [5.41, 5.74) is 0. The lowest BCUT2D eigenvalue weighted by molar-refractivity contribution is -0.927. The van der Waals surface area contributed by atoms with Crippen LogP contribution in [0.25, 0.3) is 0 Å². The molecular formula is C9H22NO2+. The first-order valence-electron chi connectivity index (χ1n) is 4.74. The molecule has 0 aromatic heterocycles. The lowest BCUT2D eigenvalue weighted by Gasteiger charge is -2.37. The molecule has 1 unspecified atom stereocenters. The highest BCUT2D eigenvalue weighted by atomic mass is 16.3. The van der Waals surface area contributed by atoms with E-state index in [0.717, 1.165) is 30.7 Å². The fraction of sp³-hybridized carbons (Fsp3) is 1.00. The average molecular weight is 176 g/mol. The Labute approximate surface area is 75.2 Å². The second-order valence-electron chi connectivity index (χ2n) is 3.45. The molecule has 0 aliphatic carbocycles. The van der Waals surface area contributed by atoms with Crippen molar-refractivity contribution in [3.05, 3.63) is 0 Å². The van der Waals surface area contributed by atoms with Gasteiger partial charge in [0.05, 0.1) is 19.7 Å². The maximum absolute atomic E-state index is 9.28. The Morgan fingerprint density at radius 2 is 1.75 bits per heavy atom. The topological polar surface area (TPSA) is 40.5 Å². The fourth-order valence-corrected chi connectivity index (χ4v) is 1.66. The lowest BCUT2D eigenvalue weighted by atomic mass is 10.2. The van der Waals surface area contributed by atoms with Crippen LogP contribution in [0.1, 0.15) is 20.8 Å². The molecule has 0 spiro atoms. The van der Waals surface area contributed by atoms with Gasteiger partial charge in [-0.25, -0.2) is 0 Å². The second kappa shape index (κ2) is 5.51. The van der Waals surface area contributed by atoms with E-state index in [-0.39, 0.29) is 12.7 Å². The normalized spacial score (nSPS) is 14.8. The highest BCUT2D eigenvalue weighted by molar-refractivity contribution is 4.47. The van der Waals surface area contributed by atoms with Gasteiger partial charge in [-0.15, -0.1) is 0 Å². The van der Waals surface area contributed by atoms with E-state index in [9.17, 15) is 5.11 Å². The fourth-order valence-electron chi connectivity index (χ4n) is 1.66. The zero-order chi connectivity index (χ0) is 9.61. The minimum absolute atomic E-state index is 0.203. The molecule has 0 saturated carbocycles. The van der Waals surface area contributed by atoms with E-state index in [4.69, 9.17) is 5.11 Å². The molecule has 0 saturated heterocycles. The van der Waals surface area contributed by atoms with Gasteiger partial charge >= 0.3 is 0 Å². The van der Waals surface area contributed by atoms with Crippen molar-refractivity contribution in [1.29, 1.82) is 0 Å². The Hall–Kier alpha value is -0.120. The van der Waals surface area contributed by atoms with Crippen LogP contribution in [0.2, 0.25) is 0 Å². The minimum atomic E-state index is -0.281. The van der Waals surface area contributed by atoms with Gasteiger partial charge in [0.1, 0.15) is 19.2 Å². The van der Waals surface area contributed by atoms with Gasteiger partial charge in [-0.1, -0.05) is 0 Å². The predicted molar refractivity (Wildman–Crippen MR) is 49.8 cm³/mol. The van der Waals surface area contributed by atoms with E-state index in [1.54, 1.807) is 6.92 Å². The van der Waals surface area contributed by atoms with Crippen molar-refractivity contribution >= 4 is 0 Å². The molecule has 2 N–H and O–H groups in total. The molecule has 0 radical (unpaired) electrons. The van der Waals surface area contributed by atoms with Crippen LogP contribution in [0.3, 0.4) is 0 Å². The summed E-state index contributed by atoms with van der Waals surface area (Å²) in [6.07, 6.45) is -0.281. The predicted octanol–water partition coefficient (Wildman–Crippen LogP) is 0.216. The molecule has 3 heteroatoms. The van der Waals surface area contributed by atoms with Crippen molar-refractivity contribution in [2.24, 2.45) is 0 Å². The molecule has 0 aliphatic heterocycles. The Morgan fingerprint density at radius 1 is 1.25 bits per heavy atom. The largest absolute Gasteiger partial charge is 0.391 e. The van der Waals surface area contributed by atoms with Crippen molar-refractivity contribution < 1.29 is 14.7 Å². The molecule has 0 aromatic carbocycles. The summed E-state index contributed by atoms with van der Waals surface area (Å²) in [7, 11) is 0. The van der Waals surface area contributed by atoms with Gasteiger partial charge < -0.3 is 14.7 Å². The standard InChI is InChI=1S/C9H22NO2/c1-4-10(5-2,6-7-11)8-9(3)12/h9,11-12H,4-8H2,1-3H3/q+1. The van der Waals surface area contributed by atoms with Gasteiger partial charge in [0.15, 0.2) is 0 Å². The quantitative estimate of drug-likeness (QED) is 0.568. The Morgan fingerprint density at radius 3 is 2.00 bits per heavy atom. The van der Waals surface area contributed by atoms with E-state index in [1.807, 2.05) is 0 Å². The third kappa shape index (κ3) is 3.52. The molecule has 0 amide bonds. The zero-order valence-electron chi connectivity index (χ0n) is 8.45. The van der Waals surface area contributed by atoms with Gasteiger partial charge in [-0.2, -0.15) is 0 Å². The zero-order valence-corrected chi connectivity index (χ0v) is 8.45. The number of nitrogens with zero attached hydrogens (tertiary/aromatic N) is 1. The maximum Gasteiger partial charge on any atom is 0.105 e. The maximum atomic E-state index is 9.28. The van der Waals surface area contributed by atoms with Crippen molar-refractivity contribution in [3.63, 3.8) is 0 Å². The molecule has 0 fully saturated rings. The summed E-state index contributed by atoms with van der Waals surface area (Å²) >= 11 is 0. The summed E-state index contributed by atoms with van der Waals surface area (Å²) in [5, 5.41) is 18.2. The molecule has 0 aliphatic rings. The third-order valence-corrected chi connectivity index (χ3v) is 2.57. The number of hydrogen-bond donors (Lipinski definition) is 2. The molecule has 74 valence electrons. The number of aliphatic hydroxyl groups excluding tert-OH is 2. The van der Waals surface area contributed by atoms with E-state index in [0.29, 0.717) is 0 Å². The first kappa shape index (κ1) is 11.9. The van der Waals surface area contributed by atoms with Crippen molar-refractivity contribution in [2.75, 3.05) is 32.8 Å². The molecule has 0 rings (SSSR count). The molecular weight excluding hydrogens is 154 g/mol. The number of likely N-dealkylation sites (N-methyl/N-ethyl adjacent to an activating group) is 1. The molecule has 12 heavy (non-hydrogen) atoms. The molecule has 1 atom stereocenters. The Kier molecular flexibility index (Phi) is 5.46. The van der Waals surface area contributed by atoms with Crippen LogP contribution >= 0.6 is 0 Å². The van der Waals surface area contributed by atoms with Crippen LogP contribution in [0, 0.1) is 0 Å². The lowest BCUT2D eigenvalue weighted by Crippen LogP contribution is -2.53. The number of hydrogen-bond acceptors (Lipinski definition) is 2. The van der Waals surface area contributed by atoms with Gasteiger partial charge in [0, 0.05) is 0 Å². The Bertz CT molecular complexity index is 111. The summed E-state index contributed by atoms with van der Waals surface area (Å²) in [6, 6.07) is 0. The summed E-state index contributed by atoms with van der Waals surface area (Å²) in [5.74, 6) is 0. The summed E-state index contributed by atoms with van der Waals surface area (Å²) in [4.78, 5) is 0. The molecule has 0 heterocycles. The highest BCUT2D eigenvalue weighted by Crippen LogP contribution is 2.06. The molecule has 3 nitrogen and oxygen atoms in total. The van der Waals surface area contributed by atoms with E-state index >= 15 is 0 Å². The van der Waals surface area contributed by atoms with Crippen LogP contribution in [0.4, 0.5) is 0 Å². The van der Waals surface area contributed by atoms with Gasteiger partial charge in [-0.3, -0.25) is 0 Å². The smallest absolute Gasteiger partial charge is 0.105 e. The summed E-state index contributed by atoms with van der Waals surface area (Å²) in [6.45, 7) is 9.64. The number of quaternary nitrogens is 1. The van der Waals surface area contributed by atoms with Crippen molar-refractivity contribution in [2.45, 2.75) is 26.9 Å². The van der Waals surface area contributed by atoms with Crippen LogP contribution in [-0.2, 0) is 0 Å². The highest BCUT2D eigenvalue weighted by Gasteiger charge is 2.24. The Balaban J connectivity index is 4.13. The monoisotopic (exact) mass is 176 g/mol. The first-order valence-corrected chi connectivity index (χ1v) is 4.74. The van der Waals surface area contributed by atoms with Crippen molar-refractivity contribution in [3.8, 4) is 0 Å². The van der Waals surface area contributed by atoms with Gasteiger partial charge in [0.2, 0.25) is 0 Å². The van der Waals surface area contributed by atoms with E-state index in [2.05, 4.69) is 13.8 Å². The van der Waals surface area contributed by atoms with Crippen LogP contribution in [0.5, 0.6) is 0 Å². The van der Waals surface area contributed by atoms with Crippen LogP contribution in [0.15, 0.2) is 0 Å².